The number of hydrogen-bond donors (Lipinski definition) is 0. The van der Waals surface area contributed by atoms with Gasteiger partial charge in [-0.3, -0.25) is 4.11 Å². The van der Waals surface area contributed by atoms with E-state index in [-0.39, 0.29) is 270 Å². The molecule has 39 heteroatoms. The Morgan fingerprint density at radius 1 is 0.333 bits per heavy atom. The molecule has 45 heavy (non-hydrogen) atoms. The van der Waals surface area contributed by atoms with Crippen LogP contribution in [-0.2, 0) is 0 Å². The van der Waals surface area contributed by atoms with Crippen molar-refractivity contribution >= 4 is 45.7 Å². The van der Waals surface area contributed by atoms with Crippen LogP contribution < -0.4 is 336 Å². The summed E-state index contributed by atoms with van der Waals surface area (Å²) in [7, 11) is -28.8. The van der Waals surface area contributed by atoms with Gasteiger partial charge >= 0.3 is 264 Å². The molecule has 0 aromatic heterocycles. The summed E-state index contributed by atoms with van der Waals surface area (Å²) in [5.74, 6) is -0.00772. The van der Waals surface area contributed by atoms with E-state index in [9.17, 15) is 30.1 Å². The first-order valence-electron chi connectivity index (χ1n) is 6.12. The summed E-state index contributed by atoms with van der Waals surface area (Å²) in [5.41, 5.74) is 0. The predicted octanol–water partition coefficient (Wildman–Crippen LogP) is -56.9. The molecule has 0 heterocycles. The van der Waals surface area contributed by atoms with Crippen molar-refractivity contribution in [3.05, 3.63) is 30.3 Å². The summed E-state index contributed by atoms with van der Waals surface area (Å²) in [6.45, 7) is 0. The van der Waals surface area contributed by atoms with E-state index < -0.39 is 45.7 Å². The number of halogens is 5. The van der Waals surface area contributed by atoms with Crippen LogP contribution in [0.15, 0.2) is 30.3 Å². The maximum atomic E-state index is 11.9. The van der Waals surface area contributed by atoms with Gasteiger partial charge in [-0.05, 0) is 12.1 Å². The Hall–Kier alpha value is 7.56. The molecule has 0 aliphatic rings. The largest absolute Gasteiger partial charge is 1.00 e. The van der Waals surface area contributed by atoms with Crippen molar-refractivity contribution in [2.24, 2.45) is 0 Å². The molecule has 1 rings (SSSR count). The zero-order chi connectivity index (χ0) is 26.3. The van der Waals surface area contributed by atoms with Crippen molar-refractivity contribution in [1.82, 2.24) is 0 Å². The average Bonchev–Trinajstić information content (AvgIpc) is 2.28. The van der Waals surface area contributed by atoms with E-state index in [1.807, 2.05) is 0 Å². The summed E-state index contributed by atoms with van der Waals surface area (Å²) in [6.07, 6.45) is 0. The van der Waals surface area contributed by atoms with Gasteiger partial charge in [0.15, 0.2) is 0 Å². The summed E-state index contributed by atoms with van der Waals surface area (Å²) in [6, 6.07) is 7.49. The van der Waals surface area contributed by atoms with Crippen molar-refractivity contribution in [3.8, 4) is 5.75 Å². The molecular formula is C6H5F5Li14O15Si5. The van der Waals surface area contributed by atoms with Crippen molar-refractivity contribution in [2.45, 2.75) is 0 Å². The van der Waals surface area contributed by atoms with Gasteiger partial charge < -0.3 is 88.0 Å². The first-order chi connectivity index (χ1) is 13.1. The summed E-state index contributed by atoms with van der Waals surface area (Å²) >= 11 is 0. The van der Waals surface area contributed by atoms with Gasteiger partial charge in [0.05, 0.1) is 0 Å². The van der Waals surface area contributed by atoms with E-state index in [1.54, 1.807) is 18.2 Å². The van der Waals surface area contributed by atoms with E-state index in [0.717, 1.165) is 0 Å². The van der Waals surface area contributed by atoms with Crippen LogP contribution in [0.3, 0.4) is 0 Å². The monoisotopic (exact) mass is 650 g/mol. The number of hydrogen-bond acceptors (Lipinski definition) is 15. The topological polar surface area (TPSA) is 332 Å². The molecular weight excluding hydrogens is 645 g/mol. The number of benzene rings is 1. The van der Waals surface area contributed by atoms with Crippen LogP contribution in [0.5, 0.6) is 5.75 Å². The molecule has 0 spiro atoms. The second kappa shape index (κ2) is 60.8. The van der Waals surface area contributed by atoms with Crippen molar-refractivity contribution in [3.63, 3.8) is 0 Å². The van der Waals surface area contributed by atoms with Gasteiger partial charge in [0, 0.05) is 0 Å². The van der Waals surface area contributed by atoms with Gasteiger partial charge in [-0.25, -0.2) is 0 Å². The van der Waals surface area contributed by atoms with Gasteiger partial charge in [0.1, 0.15) is 5.75 Å². The zero-order valence-electron chi connectivity index (χ0n) is 27.9. The van der Waals surface area contributed by atoms with Crippen LogP contribution in [0.25, 0.3) is 0 Å². The maximum absolute atomic E-state index is 11.9. The Bertz CT molecular complexity index is 509. The molecule has 0 unspecified atom stereocenters. The fraction of sp³-hybridized carbons (Fsp3) is 0. The average molecular weight is 650 g/mol. The SMILES string of the molecule is [Li+].[Li+].[Li+].[Li+].[Li+].[Li+].[Li+].[Li+].[Li+].[Li+].[Li+].[Li+].[Li+].[Li+].[O-][Si]([O-])(F)Oc1ccccc1.[O-][Si]([O-])([O-])F.[O-][Si]([O-])([O-])F.[O-][Si]([O-])([O-])F.[O-][Si]([O-])([O-])F. The number of rotatable bonds is 2. The molecule has 0 N–H and O–H groups in total. The Morgan fingerprint density at radius 2 is 0.467 bits per heavy atom. The van der Waals surface area contributed by atoms with Crippen LogP contribution in [-0.4, -0.2) is 45.7 Å². The van der Waals surface area contributed by atoms with Crippen LogP contribution in [0.1, 0.15) is 0 Å². The fourth-order valence-electron chi connectivity index (χ4n) is 0.629. The molecule has 0 fully saturated rings. The predicted molar refractivity (Wildman–Crippen MR) is 61.4 cm³/mol. The Morgan fingerprint density at radius 3 is 0.578 bits per heavy atom. The molecule has 15 nitrogen and oxygen atoms in total. The zero-order valence-corrected chi connectivity index (χ0v) is 32.9. The van der Waals surface area contributed by atoms with Crippen molar-refractivity contribution in [1.29, 1.82) is 0 Å². The maximum Gasteiger partial charge on any atom is 1.00 e. The molecule has 0 atom stereocenters. The first kappa shape index (κ1) is 117. The van der Waals surface area contributed by atoms with Gasteiger partial charge in [0.2, 0.25) is 0 Å². The Kier molecular flexibility index (Phi) is 158. The first-order valence-corrected chi connectivity index (χ1v) is 14.1. The third-order valence-electron chi connectivity index (χ3n) is 0.983. The summed E-state index contributed by atoms with van der Waals surface area (Å²) in [4.78, 5) is 122. The van der Waals surface area contributed by atoms with E-state index >= 15 is 0 Å². The molecule has 0 aliphatic heterocycles. The van der Waals surface area contributed by atoms with E-state index in [4.69, 9.17) is 57.5 Å². The van der Waals surface area contributed by atoms with Crippen LogP contribution in [0, 0.1) is 0 Å². The molecule has 0 radical (unpaired) electrons. The molecule has 0 saturated carbocycles. The molecule has 0 saturated heterocycles. The van der Waals surface area contributed by atoms with Crippen LogP contribution in [0.4, 0.5) is 20.5 Å². The molecule has 188 valence electrons. The van der Waals surface area contributed by atoms with Gasteiger partial charge in [-0.1, -0.05) is 54.8 Å². The smallest absolute Gasteiger partial charge is 0.857 e. The second-order valence-electron chi connectivity index (χ2n) is 3.82. The van der Waals surface area contributed by atoms with Crippen LogP contribution in [0.2, 0.25) is 0 Å². The van der Waals surface area contributed by atoms with Crippen LogP contribution >= 0.6 is 0 Å². The fourth-order valence-corrected chi connectivity index (χ4v) is 1.05. The number of para-hydroxylation sites is 1. The second-order valence-corrected chi connectivity index (χ2v) is 8.84. The van der Waals surface area contributed by atoms with Gasteiger partial charge in [-0.15, -0.1) is 0 Å². The standard InChI is InChI=1S/C6H5FO3Si.4FO3Si.14Li/c7-11(8,9)10-6-4-2-1-3-5-6;4*1-5(2,3)4;;;;;;;;;;;;;;/h1-5H;;;;;;;;;;;;;;;;;;/q-2;4*-3;14*+1. The molecule has 0 amide bonds. The van der Waals surface area contributed by atoms with E-state index in [0.29, 0.717) is 0 Å². The third-order valence-corrected chi connectivity index (χ3v) is 1.46. The quantitative estimate of drug-likeness (QED) is 0.163. The Labute approximate surface area is 430 Å². The normalized spacial score (nSPS) is 8.07. The minimum atomic E-state index is -5.86. The van der Waals surface area contributed by atoms with Crippen molar-refractivity contribution < 1.29 is 356 Å². The summed E-state index contributed by atoms with van der Waals surface area (Å²) in [5, 5.41) is 0. The molecule has 1 aromatic rings. The molecule has 0 bridgehead atoms. The molecule has 0 aliphatic carbocycles. The third kappa shape index (κ3) is 300. The van der Waals surface area contributed by atoms with Gasteiger partial charge in [-0.2, -0.15) is 0 Å². The minimum absolute atomic E-state index is 0. The van der Waals surface area contributed by atoms with E-state index in [2.05, 4.69) is 4.43 Å². The Balaban J connectivity index is -0.0000000122. The summed E-state index contributed by atoms with van der Waals surface area (Å²) < 4.78 is 56.5. The van der Waals surface area contributed by atoms with E-state index in [1.165, 1.54) is 12.1 Å². The minimum Gasteiger partial charge on any atom is -0.857 e. The molecule has 1 aromatic carbocycles. The van der Waals surface area contributed by atoms with Gasteiger partial charge in [0.25, 0.3) is 9.14 Å². The van der Waals surface area contributed by atoms with Crippen molar-refractivity contribution in [2.75, 3.05) is 0 Å².